The van der Waals surface area contributed by atoms with Crippen LogP contribution in [0, 0.1) is 0 Å². The van der Waals surface area contributed by atoms with Gasteiger partial charge in [0.25, 0.3) is 0 Å². The Morgan fingerprint density at radius 1 is 1.14 bits per heavy atom. The molecule has 1 unspecified atom stereocenters. The molecule has 0 aromatic heterocycles. The van der Waals surface area contributed by atoms with E-state index in [2.05, 4.69) is 0 Å². The van der Waals surface area contributed by atoms with E-state index in [4.69, 9.17) is 14.2 Å². The molecule has 1 heterocycles. The number of Topliss-reactive ketones (excluding diaryl/α,β-unsaturated/α-hetero) is 1. The second-order valence-corrected chi connectivity index (χ2v) is 4.87. The number of benzene rings is 2. The highest BCUT2D eigenvalue weighted by atomic mass is 16.7. The lowest BCUT2D eigenvalue weighted by Crippen LogP contribution is -2.20. The molecular formula is C17H16O4. The van der Waals surface area contributed by atoms with Gasteiger partial charge in [0, 0.05) is 5.56 Å². The van der Waals surface area contributed by atoms with Crippen LogP contribution in [-0.2, 0) is 11.3 Å². The number of ketones is 1. The first-order valence-electron chi connectivity index (χ1n) is 6.83. The summed E-state index contributed by atoms with van der Waals surface area (Å²) in [5.41, 5.74) is 1.61. The summed E-state index contributed by atoms with van der Waals surface area (Å²) in [7, 11) is 0. The highest BCUT2D eigenvalue weighted by molar-refractivity contribution is 5.99. The van der Waals surface area contributed by atoms with Gasteiger partial charge in [-0.2, -0.15) is 0 Å². The first-order valence-corrected chi connectivity index (χ1v) is 6.83. The van der Waals surface area contributed by atoms with Gasteiger partial charge in [-0.25, -0.2) is 0 Å². The smallest absolute Gasteiger partial charge is 0.231 e. The van der Waals surface area contributed by atoms with Crippen molar-refractivity contribution in [2.45, 2.75) is 19.6 Å². The van der Waals surface area contributed by atoms with Crippen molar-refractivity contribution in [1.82, 2.24) is 0 Å². The van der Waals surface area contributed by atoms with E-state index in [9.17, 15) is 4.79 Å². The Kier molecular flexibility index (Phi) is 3.88. The van der Waals surface area contributed by atoms with Crippen LogP contribution in [0.4, 0.5) is 0 Å². The number of hydrogen-bond donors (Lipinski definition) is 0. The number of carbonyl (C=O) groups excluding carboxylic acids is 1. The summed E-state index contributed by atoms with van der Waals surface area (Å²) in [5, 5.41) is 0. The highest BCUT2D eigenvalue weighted by Crippen LogP contribution is 2.32. The van der Waals surface area contributed by atoms with Crippen molar-refractivity contribution < 1.29 is 19.0 Å². The standard InChI is InChI=1S/C17H16O4/c1-12(19-10-13-5-3-2-4-6-13)17(18)14-7-8-15-16(9-14)21-11-20-15/h2-9,12H,10-11H2,1H3. The molecule has 0 fully saturated rings. The highest BCUT2D eigenvalue weighted by Gasteiger charge is 2.20. The Balaban J connectivity index is 1.64. The van der Waals surface area contributed by atoms with Gasteiger partial charge in [-0.1, -0.05) is 30.3 Å². The topological polar surface area (TPSA) is 44.8 Å². The zero-order valence-electron chi connectivity index (χ0n) is 11.7. The summed E-state index contributed by atoms with van der Waals surface area (Å²) >= 11 is 0. The van der Waals surface area contributed by atoms with Crippen molar-refractivity contribution in [3.63, 3.8) is 0 Å². The van der Waals surface area contributed by atoms with E-state index in [0.717, 1.165) is 5.56 Å². The molecule has 0 aliphatic carbocycles. The van der Waals surface area contributed by atoms with Crippen molar-refractivity contribution in [2.75, 3.05) is 6.79 Å². The minimum atomic E-state index is -0.509. The third-order valence-electron chi connectivity index (χ3n) is 3.37. The second kappa shape index (κ2) is 5.97. The molecule has 1 aliphatic rings. The van der Waals surface area contributed by atoms with Crippen LogP contribution in [0.5, 0.6) is 11.5 Å². The molecule has 0 radical (unpaired) electrons. The average molecular weight is 284 g/mol. The first-order chi connectivity index (χ1) is 10.2. The third kappa shape index (κ3) is 3.06. The van der Waals surface area contributed by atoms with Gasteiger partial charge in [0.05, 0.1) is 6.61 Å². The van der Waals surface area contributed by atoms with Crippen LogP contribution < -0.4 is 9.47 Å². The molecule has 0 bridgehead atoms. The number of rotatable bonds is 5. The molecule has 0 spiro atoms. The SMILES string of the molecule is CC(OCc1ccccc1)C(=O)c1ccc2c(c1)OCO2. The van der Waals surface area contributed by atoms with E-state index in [-0.39, 0.29) is 12.6 Å². The average Bonchev–Trinajstić information content (AvgIpc) is 3.00. The summed E-state index contributed by atoms with van der Waals surface area (Å²) in [5.74, 6) is 1.21. The summed E-state index contributed by atoms with van der Waals surface area (Å²) in [6.07, 6.45) is -0.509. The molecule has 4 nitrogen and oxygen atoms in total. The fourth-order valence-corrected chi connectivity index (χ4v) is 2.16. The summed E-state index contributed by atoms with van der Waals surface area (Å²) in [6, 6.07) is 15.0. The van der Waals surface area contributed by atoms with Crippen molar-refractivity contribution in [3.8, 4) is 11.5 Å². The quantitative estimate of drug-likeness (QED) is 0.791. The fourth-order valence-electron chi connectivity index (χ4n) is 2.16. The normalized spacial score (nSPS) is 14.0. The van der Waals surface area contributed by atoms with Gasteiger partial charge in [0.2, 0.25) is 6.79 Å². The lowest BCUT2D eigenvalue weighted by Gasteiger charge is -2.12. The monoisotopic (exact) mass is 284 g/mol. The lowest BCUT2D eigenvalue weighted by atomic mass is 10.1. The minimum absolute atomic E-state index is 0.0655. The lowest BCUT2D eigenvalue weighted by molar-refractivity contribution is 0.0412. The Hall–Kier alpha value is -2.33. The van der Waals surface area contributed by atoms with E-state index in [1.54, 1.807) is 25.1 Å². The Labute approximate surface area is 123 Å². The minimum Gasteiger partial charge on any atom is -0.454 e. The van der Waals surface area contributed by atoms with Crippen molar-refractivity contribution in [2.24, 2.45) is 0 Å². The molecule has 3 rings (SSSR count). The van der Waals surface area contributed by atoms with E-state index in [0.29, 0.717) is 23.7 Å². The van der Waals surface area contributed by atoms with Crippen LogP contribution in [0.25, 0.3) is 0 Å². The summed E-state index contributed by atoms with van der Waals surface area (Å²) < 4.78 is 16.2. The zero-order valence-corrected chi connectivity index (χ0v) is 11.7. The van der Waals surface area contributed by atoms with Crippen LogP contribution in [-0.4, -0.2) is 18.7 Å². The molecule has 21 heavy (non-hydrogen) atoms. The van der Waals surface area contributed by atoms with E-state index in [1.807, 2.05) is 30.3 Å². The molecule has 0 saturated heterocycles. The maximum atomic E-state index is 12.3. The fraction of sp³-hybridized carbons (Fsp3) is 0.235. The number of hydrogen-bond acceptors (Lipinski definition) is 4. The Morgan fingerprint density at radius 3 is 2.71 bits per heavy atom. The van der Waals surface area contributed by atoms with Gasteiger partial charge >= 0.3 is 0 Å². The van der Waals surface area contributed by atoms with Crippen LogP contribution >= 0.6 is 0 Å². The Morgan fingerprint density at radius 2 is 1.90 bits per heavy atom. The molecular weight excluding hydrogens is 268 g/mol. The van der Waals surface area contributed by atoms with E-state index in [1.165, 1.54) is 0 Å². The first kappa shape index (κ1) is 13.6. The van der Waals surface area contributed by atoms with Gasteiger partial charge < -0.3 is 14.2 Å². The van der Waals surface area contributed by atoms with Crippen molar-refractivity contribution >= 4 is 5.78 Å². The molecule has 4 heteroatoms. The van der Waals surface area contributed by atoms with E-state index >= 15 is 0 Å². The van der Waals surface area contributed by atoms with E-state index < -0.39 is 6.10 Å². The number of fused-ring (bicyclic) bond motifs is 1. The summed E-state index contributed by atoms with van der Waals surface area (Å²) in [4.78, 5) is 12.3. The largest absolute Gasteiger partial charge is 0.454 e. The molecule has 2 aromatic rings. The van der Waals surface area contributed by atoms with Crippen LogP contribution in [0.3, 0.4) is 0 Å². The number of ether oxygens (including phenoxy) is 3. The predicted octanol–water partition coefficient (Wildman–Crippen LogP) is 3.20. The molecule has 2 aromatic carbocycles. The maximum absolute atomic E-state index is 12.3. The van der Waals surface area contributed by atoms with Crippen molar-refractivity contribution in [3.05, 3.63) is 59.7 Å². The van der Waals surface area contributed by atoms with Crippen LogP contribution in [0.2, 0.25) is 0 Å². The molecule has 108 valence electrons. The molecule has 1 atom stereocenters. The van der Waals surface area contributed by atoms with Gasteiger partial charge in [0.15, 0.2) is 17.3 Å². The van der Waals surface area contributed by atoms with Gasteiger partial charge in [-0.3, -0.25) is 4.79 Å². The molecule has 1 aliphatic heterocycles. The zero-order chi connectivity index (χ0) is 14.7. The molecule has 0 N–H and O–H groups in total. The number of carbonyl (C=O) groups is 1. The third-order valence-corrected chi connectivity index (χ3v) is 3.37. The van der Waals surface area contributed by atoms with Crippen molar-refractivity contribution in [1.29, 1.82) is 0 Å². The van der Waals surface area contributed by atoms with Gasteiger partial charge in [-0.05, 0) is 30.7 Å². The summed E-state index contributed by atoms with van der Waals surface area (Å²) in [6.45, 7) is 2.38. The van der Waals surface area contributed by atoms with Crippen LogP contribution in [0.15, 0.2) is 48.5 Å². The maximum Gasteiger partial charge on any atom is 0.231 e. The second-order valence-electron chi connectivity index (χ2n) is 4.87. The Bertz CT molecular complexity index is 636. The molecule has 0 saturated carbocycles. The van der Waals surface area contributed by atoms with Crippen LogP contribution in [0.1, 0.15) is 22.8 Å². The predicted molar refractivity (Wildman–Crippen MR) is 77.6 cm³/mol. The van der Waals surface area contributed by atoms with Gasteiger partial charge in [0.1, 0.15) is 6.10 Å². The molecule has 0 amide bonds. The van der Waals surface area contributed by atoms with Gasteiger partial charge in [-0.15, -0.1) is 0 Å².